The van der Waals surface area contributed by atoms with Gasteiger partial charge in [0.05, 0.1) is 5.69 Å². The van der Waals surface area contributed by atoms with Gasteiger partial charge >= 0.3 is 6.18 Å². The van der Waals surface area contributed by atoms with E-state index in [9.17, 15) is 18.3 Å². The molecule has 1 atom stereocenters. The lowest BCUT2D eigenvalue weighted by Gasteiger charge is -2.28. The van der Waals surface area contributed by atoms with Gasteiger partial charge in [-0.15, -0.1) is 0 Å². The van der Waals surface area contributed by atoms with Crippen molar-refractivity contribution in [2.75, 3.05) is 29.5 Å². The first-order chi connectivity index (χ1) is 12.9. The van der Waals surface area contributed by atoms with Crippen LogP contribution in [0.3, 0.4) is 0 Å². The molecule has 1 N–H and O–H groups in total. The Kier molecular flexibility index (Phi) is 4.73. The molecule has 0 radical (unpaired) electrons. The summed E-state index contributed by atoms with van der Waals surface area (Å²) in [6, 6.07) is 9.44. The van der Waals surface area contributed by atoms with E-state index < -0.39 is 12.3 Å². The van der Waals surface area contributed by atoms with E-state index in [0.717, 1.165) is 30.3 Å². The van der Waals surface area contributed by atoms with Crippen LogP contribution in [0.15, 0.2) is 41.0 Å². The number of anilines is 1. The summed E-state index contributed by atoms with van der Waals surface area (Å²) in [5.41, 5.74) is 3.09. The van der Waals surface area contributed by atoms with E-state index in [-0.39, 0.29) is 5.56 Å². The number of aromatic nitrogens is 2. The fourth-order valence-corrected chi connectivity index (χ4v) is 4.06. The van der Waals surface area contributed by atoms with Crippen molar-refractivity contribution in [2.24, 2.45) is 0 Å². The summed E-state index contributed by atoms with van der Waals surface area (Å²) >= 11 is 1.87. The van der Waals surface area contributed by atoms with Crippen molar-refractivity contribution >= 4 is 28.5 Å². The van der Waals surface area contributed by atoms with Crippen LogP contribution in [0.4, 0.5) is 18.9 Å². The van der Waals surface area contributed by atoms with E-state index in [1.165, 1.54) is 18.2 Å². The highest BCUT2D eigenvalue weighted by atomic mass is 32.2. The van der Waals surface area contributed by atoms with E-state index in [1.807, 2.05) is 17.8 Å². The van der Waals surface area contributed by atoms with Gasteiger partial charge in [0.1, 0.15) is 5.52 Å². The maximum absolute atomic E-state index is 12.9. The summed E-state index contributed by atoms with van der Waals surface area (Å²) in [4.78, 5) is 2.18. The predicted octanol–water partition coefficient (Wildman–Crippen LogP) is 4.04. The molecule has 2 heterocycles. The Labute approximate surface area is 157 Å². The van der Waals surface area contributed by atoms with Crippen LogP contribution in [-0.4, -0.2) is 46.2 Å². The molecular formula is C18H16F3N3O2S. The number of fused-ring (bicyclic) bond motifs is 1. The second-order valence-corrected chi connectivity index (χ2v) is 7.52. The number of thioether (sulfide) groups is 1. The molecule has 0 aliphatic carbocycles. The number of aliphatic hydroxyl groups is 1. The van der Waals surface area contributed by atoms with E-state index in [1.54, 1.807) is 12.1 Å². The highest BCUT2D eigenvalue weighted by molar-refractivity contribution is 7.99. The zero-order valence-corrected chi connectivity index (χ0v) is 14.9. The number of rotatable bonds is 3. The molecule has 142 valence electrons. The van der Waals surface area contributed by atoms with Crippen molar-refractivity contribution < 1.29 is 22.9 Å². The Morgan fingerprint density at radius 3 is 2.59 bits per heavy atom. The van der Waals surface area contributed by atoms with Crippen molar-refractivity contribution in [3.63, 3.8) is 0 Å². The van der Waals surface area contributed by atoms with Crippen LogP contribution in [0.5, 0.6) is 0 Å². The molecule has 0 saturated carbocycles. The molecule has 1 aliphatic heterocycles. The predicted molar refractivity (Wildman–Crippen MR) is 97.8 cm³/mol. The summed E-state index contributed by atoms with van der Waals surface area (Å²) in [6.07, 6.45) is -7.23. The van der Waals surface area contributed by atoms with Gasteiger partial charge in [0, 0.05) is 24.6 Å². The maximum atomic E-state index is 12.9. The van der Waals surface area contributed by atoms with Gasteiger partial charge in [0.15, 0.2) is 11.6 Å². The number of hydrogen-bond donors (Lipinski definition) is 1. The zero-order valence-electron chi connectivity index (χ0n) is 14.1. The largest absolute Gasteiger partial charge is 0.418 e. The van der Waals surface area contributed by atoms with Crippen LogP contribution in [-0.2, 0) is 0 Å². The lowest BCUT2D eigenvalue weighted by Crippen LogP contribution is -2.32. The smallest absolute Gasteiger partial charge is 0.379 e. The van der Waals surface area contributed by atoms with Gasteiger partial charge in [-0.2, -0.15) is 24.9 Å². The van der Waals surface area contributed by atoms with E-state index in [4.69, 9.17) is 4.63 Å². The molecule has 0 amide bonds. The van der Waals surface area contributed by atoms with Crippen LogP contribution in [0, 0.1) is 0 Å². The number of benzene rings is 2. The zero-order chi connectivity index (χ0) is 19.0. The lowest BCUT2D eigenvalue weighted by molar-refractivity contribution is -0.206. The maximum Gasteiger partial charge on any atom is 0.418 e. The molecule has 1 saturated heterocycles. The van der Waals surface area contributed by atoms with Crippen LogP contribution in [0.2, 0.25) is 0 Å². The summed E-state index contributed by atoms with van der Waals surface area (Å²) in [7, 11) is 0. The van der Waals surface area contributed by atoms with Gasteiger partial charge in [-0.25, -0.2) is 4.63 Å². The molecule has 4 rings (SSSR count). The SMILES string of the molecule is OC(c1cccc(-c2cc(N3CCSCC3)c3nonc3c2)c1)C(F)(F)F. The van der Waals surface area contributed by atoms with Crippen molar-refractivity contribution in [1.29, 1.82) is 0 Å². The topological polar surface area (TPSA) is 62.4 Å². The Hall–Kier alpha value is -2.26. The molecule has 9 heteroatoms. The van der Waals surface area contributed by atoms with E-state index in [2.05, 4.69) is 15.2 Å². The van der Waals surface area contributed by atoms with Crippen molar-refractivity contribution in [1.82, 2.24) is 10.3 Å². The monoisotopic (exact) mass is 395 g/mol. The van der Waals surface area contributed by atoms with E-state index >= 15 is 0 Å². The number of halogens is 3. The molecule has 27 heavy (non-hydrogen) atoms. The Bertz CT molecular complexity index is 954. The highest BCUT2D eigenvalue weighted by Crippen LogP contribution is 2.36. The molecule has 2 aromatic carbocycles. The van der Waals surface area contributed by atoms with Crippen LogP contribution < -0.4 is 4.90 Å². The molecule has 1 fully saturated rings. The van der Waals surface area contributed by atoms with Crippen LogP contribution in [0.25, 0.3) is 22.2 Å². The van der Waals surface area contributed by atoms with Crippen molar-refractivity contribution in [3.8, 4) is 11.1 Å². The summed E-state index contributed by atoms with van der Waals surface area (Å²) < 4.78 is 43.4. The molecular weight excluding hydrogens is 379 g/mol. The third-order valence-electron chi connectivity index (χ3n) is 4.54. The number of hydrogen-bond acceptors (Lipinski definition) is 6. The molecule has 0 bridgehead atoms. The van der Waals surface area contributed by atoms with Gasteiger partial charge in [0.2, 0.25) is 0 Å². The third kappa shape index (κ3) is 3.61. The average Bonchev–Trinajstić information content (AvgIpc) is 3.15. The second kappa shape index (κ2) is 7.05. The van der Waals surface area contributed by atoms with Crippen LogP contribution >= 0.6 is 11.8 Å². The lowest BCUT2D eigenvalue weighted by atomic mass is 9.99. The van der Waals surface area contributed by atoms with Gasteiger partial charge in [-0.05, 0) is 45.2 Å². The molecule has 3 aromatic rings. The van der Waals surface area contributed by atoms with Crippen LogP contribution in [0.1, 0.15) is 11.7 Å². The third-order valence-corrected chi connectivity index (χ3v) is 5.48. The van der Waals surface area contributed by atoms with Gasteiger partial charge < -0.3 is 10.0 Å². The minimum absolute atomic E-state index is 0.200. The van der Waals surface area contributed by atoms with Gasteiger partial charge in [-0.1, -0.05) is 18.2 Å². The molecule has 0 spiro atoms. The fourth-order valence-electron chi connectivity index (χ4n) is 3.16. The Balaban J connectivity index is 1.78. The second-order valence-electron chi connectivity index (χ2n) is 6.30. The first-order valence-corrected chi connectivity index (χ1v) is 9.53. The fraction of sp³-hybridized carbons (Fsp3) is 0.333. The molecule has 1 unspecified atom stereocenters. The highest BCUT2D eigenvalue weighted by Gasteiger charge is 2.39. The Morgan fingerprint density at radius 2 is 1.85 bits per heavy atom. The molecule has 5 nitrogen and oxygen atoms in total. The average molecular weight is 395 g/mol. The van der Waals surface area contributed by atoms with E-state index in [0.29, 0.717) is 22.2 Å². The first-order valence-electron chi connectivity index (χ1n) is 8.37. The normalized spacial score (nSPS) is 16.7. The quantitative estimate of drug-likeness (QED) is 0.722. The minimum atomic E-state index is -4.71. The summed E-state index contributed by atoms with van der Waals surface area (Å²) in [6.45, 7) is 1.70. The summed E-state index contributed by atoms with van der Waals surface area (Å²) in [5.74, 6) is 1.98. The molecule has 1 aliphatic rings. The molecule has 1 aromatic heterocycles. The number of alkyl halides is 3. The Morgan fingerprint density at radius 1 is 1.07 bits per heavy atom. The van der Waals surface area contributed by atoms with Gasteiger partial charge in [0.25, 0.3) is 0 Å². The number of aliphatic hydroxyl groups excluding tert-OH is 1. The van der Waals surface area contributed by atoms with Gasteiger partial charge in [-0.3, -0.25) is 0 Å². The number of nitrogens with zero attached hydrogens (tertiary/aromatic N) is 3. The minimum Gasteiger partial charge on any atom is -0.379 e. The van der Waals surface area contributed by atoms with Crippen molar-refractivity contribution in [3.05, 3.63) is 42.0 Å². The van der Waals surface area contributed by atoms with Crippen molar-refractivity contribution in [2.45, 2.75) is 12.3 Å². The standard InChI is InChI=1S/C18H16F3N3O2S/c19-18(20,21)17(25)12-3-1-2-11(8-12)13-9-14-16(23-26-22-14)15(10-13)24-4-6-27-7-5-24/h1-3,8-10,17,25H,4-7H2. The first kappa shape index (κ1) is 18.1. The summed E-state index contributed by atoms with van der Waals surface area (Å²) in [5, 5.41) is 17.4.